The lowest BCUT2D eigenvalue weighted by Crippen LogP contribution is -2.30. The van der Waals surface area contributed by atoms with E-state index in [2.05, 4.69) is 10.4 Å². The first-order valence-electron chi connectivity index (χ1n) is 6.85. The zero-order valence-corrected chi connectivity index (χ0v) is 12.0. The second kappa shape index (κ2) is 6.25. The molecule has 1 aromatic heterocycles. The summed E-state index contributed by atoms with van der Waals surface area (Å²) in [6, 6.07) is 13.8. The van der Waals surface area contributed by atoms with Gasteiger partial charge < -0.3 is 4.74 Å². The van der Waals surface area contributed by atoms with Gasteiger partial charge in [0.2, 0.25) is 0 Å². The summed E-state index contributed by atoms with van der Waals surface area (Å²) >= 11 is 0. The van der Waals surface area contributed by atoms with Crippen molar-refractivity contribution in [3.05, 3.63) is 72.1 Å². The number of esters is 1. The number of fused-ring (bicyclic) bond motifs is 1. The second-order valence-corrected chi connectivity index (χ2v) is 4.76. The SMILES string of the molecule is NNC(=O)c1c(OC(=O)c2cccnc2)ccc2ccccc12. The zero-order chi connectivity index (χ0) is 16.2. The highest BCUT2D eigenvalue weighted by molar-refractivity contribution is 6.10. The quantitative estimate of drug-likeness (QED) is 0.254. The molecule has 0 spiro atoms. The van der Waals surface area contributed by atoms with Crippen molar-refractivity contribution in [2.24, 2.45) is 5.84 Å². The monoisotopic (exact) mass is 307 g/mol. The smallest absolute Gasteiger partial charge is 0.345 e. The highest BCUT2D eigenvalue weighted by atomic mass is 16.5. The van der Waals surface area contributed by atoms with E-state index in [4.69, 9.17) is 10.6 Å². The minimum atomic E-state index is -0.598. The van der Waals surface area contributed by atoms with Gasteiger partial charge >= 0.3 is 5.97 Å². The normalized spacial score (nSPS) is 10.3. The summed E-state index contributed by atoms with van der Waals surface area (Å²) < 4.78 is 5.37. The third kappa shape index (κ3) is 2.88. The first-order chi connectivity index (χ1) is 11.2. The summed E-state index contributed by atoms with van der Waals surface area (Å²) in [5.74, 6) is 4.27. The first kappa shape index (κ1) is 14.7. The molecule has 0 radical (unpaired) electrons. The number of ether oxygens (including phenoxy) is 1. The summed E-state index contributed by atoms with van der Waals surface area (Å²) in [4.78, 5) is 28.2. The van der Waals surface area contributed by atoms with Crippen LogP contribution in [0, 0.1) is 0 Å². The molecule has 3 aromatic rings. The van der Waals surface area contributed by atoms with Crippen LogP contribution in [0.3, 0.4) is 0 Å². The van der Waals surface area contributed by atoms with E-state index in [1.807, 2.05) is 12.1 Å². The molecule has 3 rings (SSSR count). The Labute approximate surface area is 131 Å². The summed E-state index contributed by atoms with van der Waals surface area (Å²) in [7, 11) is 0. The maximum Gasteiger partial charge on any atom is 0.345 e. The number of carbonyl (C=O) groups is 2. The van der Waals surface area contributed by atoms with Crippen molar-refractivity contribution in [3.63, 3.8) is 0 Å². The number of amides is 1. The molecule has 3 N–H and O–H groups in total. The lowest BCUT2D eigenvalue weighted by atomic mass is 10.0. The summed E-state index contributed by atoms with van der Waals surface area (Å²) in [6.07, 6.45) is 2.95. The van der Waals surface area contributed by atoms with E-state index >= 15 is 0 Å². The number of carbonyl (C=O) groups excluding carboxylic acids is 2. The van der Waals surface area contributed by atoms with E-state index in [9.17, 15) is 9.59 Å². The van der Waals surface area contributed by atoms with E-state index in [-0.39, 0.29) is 11.3 Å². The summed E-state index contributed by atoms with van der Waals surface area (Å²) in [6.45, 7) is 0. The predicted octanol–water partition coefficient (Wildman–Crippen LogP) is 2.06. The minimum Gasteiger partial charge on any atom is -0.422 e. The van der Waals surface area contributed by atoms with Crippen LogP contribution in [-0.2, 0) is 0 Å². The molecule has 0 saturated carbocycles. The van der Waals surface area contributed by atoms with Crippen LogP contribution >= 0.6 is 0 Å². The third-order valence-electron chi connectivity index (χ3n) is 3.35. The Morgan fingerprint density at radius 2 is 1.87 bits per heavy atom. The second-order valence-electron chi connectivity index (χ2n) is 4.76. The molecular formula is C17H13N3O3. The van der Waals surface area contributed by atoms with Gasteiger partial charge in [0, 0.05) is 12.4 Å². The highest BCUT2D eigenvalue weighted by Gasteiger charge is 2.19. The van der Waals surface area contributed by atoms with E-state index in [0.29, 0.717) is 10.9 Å². The largest absolute Gasteiger partial charge is 0.422 e. The Balaban J connectivity index is 2.07. The van der Waals surface area contributed by atoms with Gasteiger partial charge in [-0.1, -0.05) is 30.3 Å². The Kier molecular flexibility index (Phi) is 3.99. The number of hydrogen-bond donors (Lipinski definition) is 2. The van der Waals surface area contributed by atoms with Gasteiger partial charge in [0.15, 0.2) is 0 Å². The van der Waals surface area contributed by atoms with E-state index < -0.39 is 11.9 Å². The number of hydrazine groups is 1. The van der Waals surface area contributed by atoms with Gasteiger partial charge in [0.1, 0.15) is 5.75 Å². The molecule has 0 aliphatic carbocycles. The molecule has 0 aliphatic heterocycles. The van der Waals surface area contributed by atoms with Gasteiger partial charge in [-0.3, -0.25) is 15.2 Å². The zero-order valence-electron chi connectivity index (χ0n) is 12.0. The maximum absolute atomic E-state index is 12.2. The number of rotatable bonds is 3. The number of nitrogens with zero attached hydrogens (tertiary/aromatic N) is 1. The van der Waals surface area contributed by atoms with Crippen molar-refractivity contribution in [1.29, 1.82) is 0 Å². The molecule has 0 bridgehead atoms. The summed E-state index contributed by atoms with van der Waals surface area (Å²) in [5, 5.41) is 1.49. The predicted molar refractivity (Wildman–Crippen MR) is 84.8 cm³/mol. The number of aromatic nitrogens is 1. The van der Waals surface area contributed by atoms with Gasteiger partial charge in [-0.15, -0.1) is 0 Å². The maximum atomic E-state index is 12.2. The third-order valence-corrected chi connectivity index (χ3v) is 3.35. The van der Waals surface area contributed by atoms with Gasteiger partial charge in [0.25, 0.3) is 5.91 Å². The highest BCUT2D eigenvalue weighted by Crippen LogP contribution is 2.28. The average Bonchev–Trinajstić information content (AvgIpc) is 2.61. The van der Waals surface area contributed by atoms with Crippen LogP contribution in [0.2, 0.25) is 0 Å². The molecule has 1 amide bonds. The molecule has 2 aromatic carbocycles. The molecule has 1 heterocycles. The number of nitrogens with one attached hydrogen (secondary N) is 1. The van der Waals surface area contributed by atoms with Crippen LogP contribution in [0.1, 0.15) is 20.7 Å². The number of nitrogens with two attached hydrogens (primary N) is 1. The van der Waals surface area contributed by atoms with Crippen molar-refractivity contribution in [2.45, 2.75) is 0 Å². The summed E-state index contributed by atoms with van der Waals surface area (Å²) in [5.41, 5.74) is 2.59. The lowest BCUT2D eigenvalue weighted by molar-refractivity contribution is 0.0732. The van der Waals surface area contributed by atoms with Crippen LogP contribution in [-0.4, -0.2) is 16.9 Å². The molecule has 6 nitrogen and oxygen atoms in total. The van der Waals surface area contributed by atoms with Crippen molar-refractivity contribution >= 4 is 22.6 Å². The lowest BCUT2D eigenvalue weighted by Gasteiger charge is -2.12. The Bertz CT molecular complexity index is 879. The molecule has 23 heavy (non-hydrogen) atoms. The topological polar surface area (TPSA) is 94.3 Å². The number of benzene rings is 2. The molecule has 114 valence electrons. The van der Waals surface area contributed by atoms with Crippen LogP contribution in [0.5, 0.6) is 5.75 Å². The van der Waals surface area contributed by atoms with Gasteiger partial charge in [-0.25, -0.2) is 10.6 Å². The Hall–Kier alpha value is -3.25. The average molecular weight is 307 g/mol. The van der Waals surface area contributed by atoms with E-state index in [1.165, 1.54) is 6.20 Å². The number of nitrogen functional groups attached to an aromatic ring is 1. The van der Waals surface area contributed by atoms with Crippen LogP contribution < -0.4 is 16.0 Å². The fourth-order valence-electron chi connectivity index (χ4n) is 2.29. The van der Waals surface area contributed by atoms with Gasteiger partial charge in [-0.2, -0.15) is 0 Å². The molecule has 0 saturated heterocycles. The van der Waals surface area contributed by atoms with Crippen molar-refractivity contribution in [2.75, 3.05) is 0 Å². The number of hydrogen-bond acceptors (Lipinski definition) is 5. The van der Waals surface area contributed by atoms with Crippen molar-refractivity contribution in [1.82, 2.24) is 10.4 Å². The molecule has 0 aliphatic rings. The molecule has 0 fully saturated rings. The fourth-order valence-corrected chi connectivity index (χ4v) is 2.29. The van der Waals surface area contributed by atoms with Crippen LogP contribution in [0.25, 0.3) is 10.8 Å². The first-order valence-corrected chi connectivity index (χ1v) is 6.85. The molecule has 6 heteroatoms. The van der Waals surface area contributed by atoms with Crippen molar-refractivity contribution in [3.8, 4) is 5.75 Å². The minimum absolute atomic E-state index is 0.139. The van der Waals surface area contributed by atoms with Crippen LogP contribution in [0.4, 0.5) is 0 Å². The van der Waals surface area contributed by atoms with Crippen LogP contribution in [0.15, 0.2) is 60.9 Å². The van der Waals surface area contributed by atoms with E-state index in [0.717, 1.165) is 5.39 Å². The standard InChI is InChI=1S/C17H13N3O3/c18-20-16(21)15-13-6-2-1-4-11(13)7-8-14(15)23-17(22)12-5-3-9-19-10-12/h1-10H,18H2,(H,20,21). The molecule has 0 unspecified atom stereocenters. The fraction of sp³-hybridized carbons (Fsp3) is 0. The molecular weight excluding hydrogens is 294 g/mol. The Morgan fingerprint density at radius 1 is 1.04 bits per heavy atom. The van der Waals surface area contributed by atoms with Crippen molar-refractivity contribution < 1.29 is 14.3 Å². The Morgan fingerprint density at radius 3 is 2.61 bits per heavy atom. The number of pyridine rings is 1. The van der Waals surface area contributed by atoms with Gasteiger partial charge in [-0.05, 0) is 29.0 Å². The van der Waals surface area contributed by atoms with Gasteiger partial charge in [0.05, 0.1) is 11.1 Å². The van der Waals surface area contributed by atoms with E-state index in [1.54, 1.807) is 42.6 Å². The molecule has 0 atom stereocenters.